The van der Waals surface area contributed by atoms with Gasteiger partial charge >= 0.3 is 5.97 Å². The third-order valence-corrected chi connectivity index (χ3v) is 3.24. The van der Waals surface area contributed by atoms with Gasteiger partial charge in [-0.15, -0.1) is 0 Å². The molecule has 4 nitrogen and oxygen atoms in total. The summed E-state index contributed by atoms with van der Waals surface area (Å²) in [5, 5.41) is 0. The van der Waals surface area contributed by atoms with Crippen LogP contribution in [0.15, 0.2) is 34.8 Å². The lowest BCUT2D eigenvalue weighted by atomic mass is 10.1. The van der Waals surface area contributed by atoms with Crippen LogP contribution >= 0.6 is 15.9 Å². The molecule has 0 saturated carbocycles. The first-order valence-corrected chi connectivity index (χ1v) is 6.52. The maximum atomic E-state index is 13.8. The van der Waals surface area contributed by atoms with Crippen LogP contribution < -0.4 is 10.5 Å². The van der Waals surface area contributed by atoms with Crippen molar-refractivity contribution in [1.82, 2.24) is 0 Å². The van der Waals surface area contributed by atoms with Crippen LogP contribution in [-0.2, 0) is 4.74 Å². The van der Waals surface area contributed by atoms with E-state index < -0.39 is 17.6 Å². The highest BCUT2D eigenvalue weighted by Gasteiger charge is 2.16. The van der Waals surface area contributed by atoms with Gasteiger partial charge in [-0.3, -0.25) is 0 Å². The van der Waals surface area contributed by atoms with Gasteiger partial charge in [0, 0.05) is 17.8 Å². The quantitative estimate of drug-likeness (QED) is 0.668. The van der Waals surface area contributed by atoms with Crippen molar-refractivity contribution < 1.29 is 23.0 Å². The molecule has 0 radical (unpaired) electrons. The third-order valence-electron chi connectivity index (χ3n) is 2.63. The molecule has 0 aliphatic heterocycles. The second-order valence-corrected chi connectivity index (χ2v) is 4.89. The standard InChI is InChI=1S/C14H10BrF2NO3/c1-20-14(19)8-5-13(11(17)6-12(8)18)21-7-2-3-10(16)9(15)4-7/h2-6H,18H2,1H3. The lowest BCUT2D eigenvalue weighted by Crippen LogP contribution is -2.06. The van der Waals surface area contributed by atoms with Gasteiger partial charge in [0.2, 0.25) is 0 Å². The van der Waals surface area contributed by atoms with Gasteiger partial charge in [0.15, 0.2) is 11.6 Å². The van der Waals surface area contributed by atoms with Gasteiger partial charge < -0.3 is 15.2 Å². The van der Waals surface area contributed by atoms with Gasteiger partial charge in [-0.2, -0.15) is 0 Å². The number of benzene rings is 2. The first-order chi connectivity index (χ1) is 9.92. The summed E-state index contributed by atoms with van der Waals surface area (Å²) >= 11 is 3.00. The van der Waals surface area contributed by atoms with Crippen LogP contribution in [-0.4, -0.2) is 13.1 Å². The fourth-order valence-corrected chi connectivity index (χ4v) is 1.96. The molecular formula is C14H10BrF2NO3. The summed E-state index contributed by atoms with van der Waals surface area (Å²) in [6.45, 7) is 0. The predicted molar refractivity (Wildman–Crippen MR) is 76.3 cm³/mol. The zero-order valence-electron chi connectivity index (χ0n) is 10.8. The lowest BCUT2D eigenvalue weighted by Gasteiger charge is -2.10. The maximum Gasteiger partial charge on any atom is 0.340 e. The topological polar surface area (TPSA) is 61.5 Å². The van der Waals surface area contributed by atoms with E-state index in [0.29, 0.717) is 0 Å². The van der Waals surface area contributed by atoms with Crippen molar-refractivity contribution in [3.8, 4) is 11.5 Å². The molecule has 0 bridgehead atoms. The Morgan fingerprint density at radius 1 is 1.19 bits per heavy atom. The lowest BCUT2D eigenvalue weighted by molar-refractivity contribution is 0.0601. The maximum absolute atomic E-state index is 13.8. The molecular weight excluding hydrogens is 348 g/mol. The van der Waals surface area contributed by atoms with E-state index in [1.807, 2.05) is 0 Å². The highest BCUT2D eigenvalue weighted by atomic mass is 79.9. The van der Waals surface area contributed by atoms with Crippen LogP contribution in [0.25, 0.3) is 0 Å². The molecule has 0 aliphatic carbocycles. The Bertz CT molecular complexity index is 707. The predicted octanol–water partition coefficient (Wildman–Crippen LogP) is 3.89. The number of rotatable bonds is 3. The van der Waals surface area contributed by atoms with E-state index in [4.69, 9.17) is 10.5 Å². The number of anilines is 1. The molecule has 2 rings (SSSR count). The van der Waals surface area contributed by atoms with E-state index in [1.165, 1.54) is 19.2 Å². The largest absolute Gasteiger partial charge is 0.465 e. The summed E-state index contributed by atoms with van der Waals surface area (Å²) in [4.78, 5) is 11.5. The summed E-state index contributed by atoms with van der Waals surface area (Å²) in [7, 11) is 1.18. The molecule has 21 heavy (non-hydrogen) atoms. The minimum absolute atomic E-state index is 0.0184. The van der Waals surface area contributed by atoms with E-state index in [1.54, 1.807) is 0 Å². The van der Waals surface area contributed by atoms with Crippen LogP contribution in [0.5, 0.6) is 11.5 Å². The Morgan fingerprint density at radius 2 is 1.90 bits per heavy atom. The third kappa shape index (κ3) is 3.30. The highest BCUT2D eigenvalue weighted by molar-refractivity contribution is 9.10. The molecule has 0 spiro atoms. The van der Waals surface area contributed by atoms with E-state index in [2.05, 4.69) is 20.7 Å². The Morgan fingerprint density at radius 3 is 2.52 bits per heavy atom. The minimum atomic E-state index is -0.749. The number of halogens is 3. The van der Waals surface area contributed by atoms with Gasteiger partial charge in [-0.05, 0) is 34.1 Å². The molecule has 2 N–H and O–H groups in total. The Labute approximate surface area is 127 Å². The molecule has 0 aromatic heterocycles. The van der Waals surface area contributed by atoms with Crippen LogP contribution in [0.1, 0.15) is 10.4 Å². The van der Waals surface area contributed by atoms with Crippen LogP contribution in [0.2, 0.25) is 0 Å². The van der Waals surface area contributed by atoms with Crippen molar-refractivity contribution in [2.24, 2.45) is 0 Å². The van der Waals surface area contributed by atoms with E-state index in [9.17, 15) is 13.6 Å². The second-order valence-electron chi connectivity index (χ2n) is 4.04. The number of carbonyl (C=O) groups is 1. The molecule has 0 heterocycles. The smallest absolute Gasteiger partial charge is 0.340 e. The summed E-state index contributed by atoms with van der Waals surface area (Å²) in [5.41, 5.74) is 5.47. The van der Waals surface area contributed by atoms with Crippen molar-refractivity contribution in [3.05, 3.63) is 52.0 Å². The van der Waals surface area contributed by atoms with Crippen LogP contribution in [0.3, 0.4) is 0 Å². The number of hydrogen-bond acceptors (Lipinski definition) is 4. The summed E-state index contributed by atoms with van der Waals surface area (Å²) in [5.74, 6) is -1.96. The first-order valence-electron chi connectivity index (χ1n) is 5.72. The average Bonchev–Trinajstić information content (AvgIpc) is 2.45. The minimum Gasteiger partial charge on any atom is -0.465 e. The Kier molecular flexibility index (Phi) is 4.42. The zero-order chi connectivity index (χ0) is 15.6. The van der Waals surface area contributed by atoms with Crippen molar-refractivity contribution in [2.75, 3.05) is 12.8 Å². The number of methoxy groups -OCH3 is 1. The fourth-order valence-electron chi connectivity index (χ4n) is 1.60. The zero-order valence-corrected chi connectivity index (χ0v) is 12.4. The Balaban J connectivity index is 2.39. The van der Waals surface area contributed by atoms with Gasteiger partial charge in [-0.1, -0.05) is 0 Å². The van der Waals surface area contributed by atoms with Crippen molar-refractivity contribution >= 4 is 27.6 Å². The van der Waals surface area contributed by atoms with Crippen molar-refractivity contribution in [3.63, 3.8) is 0 Å². The van der Waals surface area contributed by atoms with Crippen molar-refractivity contribution in [2.45, 2.75) is 0 Å². The number of nitrogen functional groups attached to an aromatic ring is 1. The number of carbonyl (C=O) groups excluding carboxylic acids is 1. The molecule has 110 valence electrons. The normalized spacial score (nSPS) is 10.3. The monoisotopic (exact) mass is 357 g/mol. The molecule has 0 saturated heterocycles. The van der Waals surface area contributed by atoms with Crippen LogP contribution in [0, 0.1) is 11.6 Å². The molecule has 7 heteroatoms. The van der Waals surface area contributed by atoms with Crippen molar-refractivity contribution in [1.29, 1.82) is 0 Å². The Hall–Kier alpha value is -2.15. The molecule has 2 aromatic rings. The van der Waals surface area contributed by atoms with Gasteiger partial charge in [0.25, 0.3) is 0 Å². The molecule has 0 atom stereocenters. The first kappa shape index (κ1) is 15.2. The second kappa shape index (κ2) is 6.09. The summed E-state index contributed by atoms with van der Waals surface area (Å²) in [6.07, 6.45) is 0. The number of ether oxygens (including phenoxy) is 2. The SMILES string of the molecule is COC(=O)c1cc(Oc2ccc(F)c(Br)c2)c(F)cc1N. The number of hydrogen-bond donors (Lipinski definition) is 1. The molecule has 0 amide bonds. The molecule has 2 aromatic carbocycles. The van der Waals surface area contributed by atoms with Crippen LogP contribution in [0.4, 0.5) is 14.5 Å². The number of nitrogens with two attached hydrogens (primary N) is 1. The molecule has 0 fully saturated rings. The summed E-state index contributed by atoms with van der Waals surface area (Å²) in [6, 6.07) is 5.92. The van der Waals surface area contributed by atoms with Gasteiger partial charge in [0.1, 0.15) is 11.6 Å². The van der Waals surface area contributed by atoms with E-state index in [0.717, 1.165) is 18.2 Å². The highest BCUT2D eigenvalue weighted by Crippen LogP contribution is 2.31. The average molecular weight is 358 g/mol. The van der Waals surface area contributed by atoms with E-state index in [-0.39, 0.29) is 27.2 Å². The number of esters is 1. The molecule has 0 unspecified atom stereocenters. The van der Waals surface area contributed by atoms with Gasteiger partial charge in [-0.25, -0.2) is 13.6 Å². The van der Waals surface area contributed by atoms with Gasteiger partial charge in [0.05, 0.1) is 17.1 Å². The molecule has 0 aliphatic rings. The summed E-state index contributed by atoms with van der Waals surface area (Å²) < 4.78 is 37.0. The fraction of sp³-hybridized carbons (Fsp3) is 0.0714. The van der Waals surface area contributed by atoms with E-state index >= 15 is 0 Å².